The van der Waals surface area contributed by atoms with Gasteiger partial charge in [0.15, 0.2) is 6.10 Å². The number of hydrogen-bond donors (Lipinski definition) is 1. The largest absolute Gasteiger partial charge is 0.481 e. The molecule has 3 nitrogen and oxygen atoms in total. The third kappa shape index (κ3) is 4.48. The molecule has 1 N–H and O–H groups in total. The number of ether oxygens (including phenoxy) is 1. The van der Waals surface area contributed by atoms with Gasteiger partial charge < -0.3 is 10.1 Å². The molecule has 126 valence electrons. The first-order valence-corrected chi connectivity index (χ1v) is 8.31. The molecule has 0 saturated carbocycles. The minimum absolute atomic E-state index is 0.169. The van der Waals surface area contributed by atoms with Crippen LogP contribution in [0.5, 0.6) is 5.75 Å². The summed E-state index contributed by atoms with van der Waals surface area (Å²) in [4.78, 5) is 12.3. The molecule has 1 atom stereocenters. The van der Waals surface area contributed by atoms with E-state index in [0.717, 1.165) is 22.4 Å². The van der Waals surface area contributed by atoms with Gasteiger partial charge in [0.25, 0.3) is 5.91 Å². The molecule has 0 aromatic heterocycles. The fraction of sp³-hybridized carbons (Fsp3) is 0.136. The van der Waals surface area contributed by atoms with Crippen molar-refractivity contribution in [1.82, 2.24) is 0 Å². The third-order valence-corrected chi connectivity index (χ3v) is 3.93. The van der Waals surface area contributed by atoms with Crippen molar-refractivity contribution in [3.8, 4) is 16.9 Å². The van der Waals surface area contributed by atoms with Crippen molar-refractivity contribution in [2.75, 3.05) is 5.32 Å². The normalized spacial score (nSPS) is 11.6. The van der Waals surface area contributed by atoms with Crippen LogP contribution in [0.4, 0.5) is 5.69 Å². The van der Waals surface area contributed by atoms with Gasteiger partial charge in [-0.25, -0.2) is 0 Å². The molecule has 3 rings (SSSR count). The van der Waals surface area contributed by atoms with Crippen LogP contribution >= 0.6 is 0 Å². The number of anilines is 1. The van der Waals surface area contributed by atoms with E-state index in [2.05, 4.69) is 17.4 Å². The van der Waals surface area contributed by atoms with E-state index in [1.54, 1.807) is 6.92 Å². The van der Waals surface area contributed by atoms with Crippen LogP contribution in [-0.2, 0) is 4.79 Å². The summed E-state index contributed by atoms with van der Waals surface area (Å²) in [5.74, 6) is 0.504. The Labute approximate surface area is 148 Å². The van der Waals surface area contributed by atoms with Gasteiger partial charge in [-0.05, 0) is 54.8 Å². The molecule has 0 heterocycles. The molecule has 3 aromatic rings. The van der Waals surface area contributed by atoms with E-state index < -0.39 is 6.10 Å². The van der Waals surface area contributed by atoms with Crippen LogP contribution in [0.15, 0.2) is 78.9 Å². The van der Waals surface area contributed by atoms with Crippen molar-refractivity contribution in [1.29, 1.82) is 0 Å². The lowest BCUT2D eigenvalue weighted by molar-refractivity contribution is -0.122. The minimum Gasteiger partial charge on any atom is -0.481 e. The van der Waals surface area contributed by atoms with Crippen LogP contribution in [0.1, 0.15) is 12.5 Å². The Bertz CT molecular complexity index is 841. The van der Waals surface area contributed by atoms with Crippen molar-refractivity contribution in [3.05, 3.63) is 84.4 Å². The average molecular weight is 331 g/mol. The predicted molar refractivity (Wildman–Crippen MR) is 102 cm³/mol. The van der Waals surface area contributed by atoms with E-state index >= 15 is 0 Å². The Morgan fingerprint density at radius 1 is 0.880 bits per heavy atom. The maximum absolute atomic E-state index is 12.3. The van der Waals surface area contributed by atoms with Gasteiger partial charge in [-0.1, -0.05) is 54.6 Å². The lowest BCUT2D eigenvalue weighted by atomic mass is 10.1. The second-order valence-corrected chi connectivity index (χ2v) is 6.01. The molecule has 0 aliphatic carbocycles. The van der Waals surface area contributed by atoms with Crippen molar-refractivity contribution < 1.29 is 9.53 Å². The number of nitrogens with one attached hydrogen (secondary N) is 1. The smallest absolute Gasteiger partial charge is 0.265 e. The third-order valence-electron chi connectivity index (χ3n) is 3.93. The molecule has 25 heavy (non-hydrogen) atoms. The fourth-order valence-electron chi connectivity index (χ4n) is 2.58. The highest BCUT2D eigenvalue weighted by Crippen LogP contribution is 2.22. The molecule has 3 aromatic carbocycles. The number of hydrogen-bond acceptors (Lipinski definition) is 2. The van der Waals surface area contributed by atoms with Crippen molar-refractivity contribution in [2.24, 2.45) is 0 Å². The summed E-state index contributed by atoms with van der Waals surface area (Å²) in [6.07, 6.45) is -0.580. The Balaban J connectivity index is 1.62. The second-order valence-electron chi connectivity index (χ2n) is 6.01. The van der Waals surface area contributed by atoms with Gasteiger partial charge >= 0.3 is 0 Å². The molecule has 0 aliphatic rings. The predicted octanol–water partition coefficient (Wildman–Crippen LogP) is 5.07. The zero-order valence-corrected chi connectivity index (χ0v) is 14.4. The Kier molecular flexibility index (Phi) is 5.14. The van der Waals surface area contributed by atoms with Crippen LogP contribution in [0.3, 0.4) is 0 Å². The summed E-state index contributed by atoms with van der Waals surface area (Å²) in [6.45, 7) is 3.74. The van der Waals surface area contributed by atoms with Gasteiger partial charge in [0.2, 0.25) is 0 Å². The summed E-state index contributed by atoms with van der Waals surface area (Å²) < 4.78 is 5.76. The summed E-state index contributed by atoms with van der Waals surface area (Å²) in [6, 6.07) is 25.6. The SMILES string of the molecule is Cc1cccc(NC(=O)C(C)Oc2ccc(-c3ccccc3)cc2)c1. The van der Waals surface area contributed by atoms with Gasteiger partial charge in [0.05, 0.1) is 0 Å². The Morgan fingerprint density at radius 2 is 1.56 bits per heavy atom. The Hall–Kier alpha value is -3.07. The van der Waals surface area contributed by atoms with E-state index in [1.165, 1.54) is 0 Å². The highest BCUT2D eigenvalue weighted by Gasteiger charge is 2.15. The number of carbonyl (C=O) groups is 1. The van der Waals surface area contributed by atoms with Gasteiger partial charge in [-0.2, -0.15) is 0 Å². The first-order chi connectivity index (χ1) is 12.1. The topological polar surface area (TPSA) is 38.3 Å². The summed E-state index contributed by atoms with van der Waals surface area (Å²) in [5, 5.41) is 2.88. The zero-order chi connectivity index (χ0) is 17.6. The van der Waals surface area contributed by atoms with Gasteiger partial charge in [0.1, 0.15) is 5.75 Å². The number of carbonyl (C=O) groups excluding carboxylic acids is 1. The highest BCUT2D eigenvalue weighted by atomic mass is 16.5. The van der Waals surface area contributed by atoms with Gasteiger partial charge in [0, 0.05) is 5.69 Å². The highest BCUT2D eigenvalue weighted by molar-refractivity contribution is 5.94. The standard InChI is InChI=1S/C22H21NO2/c1-16-7-6-10-20(15-16)23-22(24)17(2)25-21-13-11-19(12-14-21)18-8-4-3-5-9-18/h3-15,17H,1-2H3,(H,23,24). The minimum atomic E-state index is -0.580. The van der Waals surface area contributed by atoms with E-state index in [-0.39, 0.29) is 5.91 Å². The van der Waals surface area contributed by atoms with Crippen LogP contribution < -0.4 is 10.1 Å². The van der Waals surface area contributed by atoms with Crippen LogP contribution in [0, 0.1) is 6.92 Å². The van der Waals surface area contributed by atoms with E-state index in [0.29, 0.717) is 5.75 Å². The molecule has 0 radical (unpaired) electrons. The first kappa shape index (κ1) is 16.8. The molecule has 0 bridgehead atoms. The lowest BCUT2D eigenvalue weighted by Crippen LogP contribution is -2.30. The maximum atomic E-state index is 12.3. The molecule has 0 spiro atoms. The first-order valence-electron chi connectivity index (χ1n) is 8.31. The van der Waals surface area contributed by atoms with Crippen molar-refractivity contribution in [3.63, 3.8) is 0 Å². The summed E-state index contributed by atoms with van der Waals surface area (Å²) >= 11 is 0. The Morgan fingerprint density at radius 3 is 2.24 bits per heavy atom. The monoisotopic (exact) mass is 331 g/mol. The molecule has 0 saturated heterocycles. The molecule has 1 unspecified atom stereocenters. The molecule has 0 aliphatic heterocycles. The van der Waals surface area contributed by atoms with Crippen molar-refractivity contribution >= 4 is 11.6 Å². The molecule has 3 heteroatoms. The quantitative estimate of drug-likeness (QED) is 0.709. The van der Waals surface area contributed by atoms with Crippen molar-refractivity contribution in [2.45, 2.75) is 20.0 Å². The molecule has 1 amide bonds. The van der Waals surface area contributed by atoms with Crippen LogP contribution in [-0.4, -0.2) is 12.0 Å². The van der Waals surface area contributed by atoms with E-state index in [4.69, 9.17) is 4.74 Å². The lowest BCUT2D eigenvalue weighted by Gasteiger charge is -2.15. The fourth-order valence-corrected chi connectivity index (χ4v) is 2.58. The molecular weight excluding hydrogens is 310 g/mol. The molecular formula is C22H21NO2. The maximum Gasteiger partial charge on any atom is 0.265 e. The van der Waals surface area contributed by atoms with E-state index in [9.17, 15) is 4.79 Å². The van der Waals surface area contributed by atoms with Gasteiger partial charge in [-0.15, -0.1) is 0 Å². The number of amides is 1. The molecule has 0 fully saturated rings. The van der Waals surface area contributed by atoms with Gasteiger partial charge in [-0.3, -0.25) is 4.79 Å². The number of benzene rings is 3. The van der Waals surface area contributed by atoms with E-state index in [1.807, 2.05) is 73.7 Å². The summed E-state index contributed by atoms with van der Waals surface area (Å²) in [7, 11) is 0. The average Bonchev–Trinajstić information content (AvgIpc) is 2.63. The van der Waals surface area contributed by atoms with Crippen LogP contribution in [0.2, 0.25) is 0 Å². The van der Waals surface area contributed by atoms with Crippen LogP contribution in [0.25, 0.3) is 11.1 Å². The summed E-state index contributed by atoms with van der Waals surface area (Å²) in [5.41, 5.74) is 4.15. The number of aryl methyl sites for hydroxylation is 1. The second kappa shape index (κ2) is 7.67. The zero-order valence-electron chi connectivity index (χ0n) is 14.4. The number of rotatable bonds is 5.